The van der Waals surface area contributed by atoms with E-state index in [0.29, 0.717) is 57.6 Å². The number of hydrogen-bond donors (Lipinski definition) is 3. The number of phenols is 1. The molecule has 0 spiro atoms. The number of rotatable bonds is 15. The number of phenolic OH excluding ortho intramolecular Hbond substituents is 1. The predicted octanol–water partition coefficient (Wildman–Crippen LogP) is 2.38. The second kappa shape index (κ2) is 16.1. The Bertz CT molecular complexity index is 1300. The zero-order valence-corrected chi connectivity index (χ0v) is 25.9. The van der Waals surface area contributed by atoms with Crippen molar-refractivity contribution in [2.75, 3.05) is 53.1 Å². The molecule has 2 saturated heterocycles. The molecule has 13 heteroatoms. The first-order valence-corrected chi connectivity index (χ1v) is 16.4. The van der Waals surface area contributed by atoms with Crippen molar-refractivity contribution in [1.82, 2.24) is 14.5 Å². The molecule has 2 aromatic carbocycles. The number of carbonyl (C=O) groups is 2. The number of alkyl carbamates (subject to hydrolysis) is 1. The Morgan fingerprint density at radius 3 is 2.48 bits per heavy atom. The molecule has 0 radical (unpaired) electrons. The van der Waals surface area contributed by atoms with Crippen LogP contribution in [-0.2, 0) is 30.7 Å². The molecule has 2 heterocycles. The molecule has 4 rings (SSSR count). The summed E-state index contributed by atoms with van der Waals surface area (Å²) in [5.41, 5.74) is 0.848. The lowest BCUT2D eigenvalue weighted by Gasteiger charge is -2.33. The fraction of sp³-hybridized carbons (Fsp3) is 0.548. The van der Waals surface area contributed by atoms with E-state index in [1.54, 1.807) is 41.3 Å². The minimum atomic E-state index is -3.90. The van der Waals surface area contributed by atoms with Gasteiger partial charge in [-0.05, 0) is 80.0 Å². The Hall–Kier alpha value is -3.39. The molecule has 2 aromatic rings. The van der Waals surface area contributed by atoms with E-state index in [1.165, 1.54) is 23.5 Å². The van der Waals surface area contributed by atoms with E-state index in [4.69, 9.17) is 14.2 Å². The molecular weight excluding hydrogens is 590 g/mol. The summed E-state index contributed by atoms with van der Waals surface area (Å²) in [7, 11) is -2.39. The van der Waals surface area contributed by atoms with Gasteiger partial charge in [-0.2, -0.15) is 4.31 Å². The highest BCUT2D eigenvalue weighted by Crippen LogP contribution is 2.25. The van der Waals surface area contributed by atoms with Gasteiger partial charge in [0, 0.05) is 44.7 Å². The second-order valence-electron chi connectivity index (χ2n) is 11.4. The Labute approximate surface area is 258 Å². The van der Waals surface area contributed by atoms with Crippen LogP contribution in [0.15, 0.2) is 53.4 Å². The maximum atomic E-state index is 13.9. The number of nitrogens with one attached hydrogen (secondary N) is 1. The van der Waals surface area contributed by atoms with Gasteiger partial charge in [0.15, 0.2) is 0 Å². The number of aliphatic hydroxyl groups excluding tert-OH is 1. The van der Waals surface area contributed by atoms with Crippen molar-refractivity contribution in [3.8, 4) is 11.5 Å². The molecule has 242 valence electrons. The lowest BCUT2D eigenvalue weighted by atomic mass is 9.97. The van der Waals surface area contributed by atoms with Gasteiger partial charge in [0.25, 0.3) is 0 Å². The highest BCUT2D eigenvalue weighted by atomic mass is 32.2. The molecule has 0 aromatic heterocycles. The van der Waals surface area contributed by atoms with Crippen molar-refractivity contribution < 1.29 is 42.4 Å². The summed E-state index contributed by atoms with van der Waals surface area (Å²) in [5, 5.41) is 22.0. The normalized spacial score (nSPS) is 19.9. The molecule has 1 unspecified atom stereocenters. The van der Waals surface area contributed by atoms with Gasteiger partial charge in [-0.15, -0.1) is 0 Å². The maximum absolute atomic E-state index is 13.9. The molecule has 2 amide bonds. The Morgan fingerprint density at radius 1 is 1.14 bits per heavy atom. The van der Waals surface area contributed by atoms with Gasteiger partial charge < -0.3 is 34.6 Å². The smallest absolute Gasteiger partial charge is 0.407 e. The summed E-state index contributed by atoms with van der Waals surface area (Å²) in [6.07, 6.45) is 2.20. The number of amides is 2. The molecule has 0 aliphatic carbocycles. The van der Waals surface area contributed by atoms with Crippen LogP contribution < -0.4 is 10.1 Å². The van der Waals surface area contributed by atoms with E-state index in [-0.39, 0.29) is 48.8 Å². The van der Waals surface area contributed by atoms with Gasteiger partial charge in [-0.3, -0.25) is 4.79 Å². The zero-order valence-electron chi connectivity index (χ0n) is 25.0. The highest BCUT2D eigenvalue weighted by Gasteiger charge is 2.33. The molecule has 2 aliphatic rings. The zero-order chi connectivity index (χ0) is 31.5. The third-order valence-electron chi connectivity index (χ3n) is 8.32. The summed E-state index contributed by atoms with van der Waals surface area (Å²) in [6, 6.07) is 12.4. The topological polar surface area (TPSA) is 155 Å². The van der Waals surface area contributed by atoms with Gasteiger partial charge >= 0.3 is 6.09 Å². The molecule has 0 bridgehead atoms. The number of aliphatic hydroxyl groups is 1. The van der Waals surface area contributed by atoms with Crippen LogP contribution in [0.4, 0.5) is 4.79 Å². The van der Waals surface area contributed by atoms with Crippen molar-refractivity contribution in [1.29, 1.82) is 0 Å². The van der Waals surface area contributed by atoms with Gasteiger partial charge in [-0.1, -0.05) is 12.1 Å². The lowest BCUT2D eigenvalue weighted by Crippen LogP contribution is -2.44. The van der Waals surface area contributed by atoms with Crippen LogP contribution in [0, 0.1) is 11.8 Å². The number of carbonyl (C=O) groups excluding carboxylic acids is 2. The summed E-state index contributed by atoms with van der Waals surface area (Å²) in [6.45, 7) is 2.17. The number of piperidine rings is 1. The number of likely N-dealkylation sites (tertiary alicyclic amines) is 1. The molecule has 2 fully saturated rings. The number of benzene rings is 2. The maximum Gasteiger partial charge on any atom is 0.407 e. The first kappa shape index (κ1) is 33.5. The van der Waals surface area contributed by atoms with Crippen molar-refractivity contribution in [3.05, 3.63) is 54.1 Å². The van der Waals surface area contributed by atoms with Crippen LogP contribution >= 0.6 is 0 Å². The van der Waals surface area contributed by atoms with Crippen LogP contribution in [-0.4, -0.2) is 106 Å². The van der Waals surface area contributed by atoms with Crippen LogP contribution in [0.1, 0.15) is 31.2 Å². The third-order valence-corrected chi connectivity index (χ3v) is 10.2. The average Bonchev–Trinajstić information content (AvgIpc) is 3.46. The quantitative estimate of drug-likeness (QED) is 0.251. The number of hydrogen-bond acceptors (Lipinski definition) is 9. The van der Waals surface area contributed by atoms with Crippen molar-refractivity contribution in [2.45, 2.75) is 49.1 Å². The van der Waals surface area contributed by atoms with Crippen LogP contribution in [0.2, 0.25) is 0 Å². The van der Waals surface area contributed by atoms with Gasteiger partial charge in [0.1, 0.15) is 17.6 Å². The molecule has 2 aliphatic heterocycles. The van der Waals surface area contributed by atoms with Crippen LogP contribution in [0.25, 0.3) is 0 Å². The second-order valence-corrected chi connectivity index (χ2v) is 13.3. The van der Waals surface area contributed by atoms with Crippen LogP contribution in [0.5, 0.6) is 11.5 Å². The molecule has 3 N–H and O–H groups in total. The first-order valence-electron chi connectivity index (χ1n) is 15.0. The highest BCUT2D eigenvalue weighted by molar-refractivity contribution is 7.89. The number of ether oxygens (including phenoxy) is 3. The standard InChI is InChI=1S/C31H43N3O9S/c1-41-28-6-8-29(9-7-28)44(39,40)34(19-24-10-14-33(22-36)15-11-24)16-12-26(18-23-2-4-27(37)5-3-23)32-31(38)43-30-21-42-20-25(30)13-17-35/h2-9,22,24-26,30,35,37H,10-21H2,1H3,(H,32,38)/t25-,26+,30?/m1/s1. The third kappa shape index (κ3) is 9.31. The number of aromatic hydroxyl groups is 1. The lowest BCUT2D eigenvalue weighted by molar-refractivity contribution is -0.119. The summed E-state index contributed by atoms with van der Waals surface area (Å²) >= 11 is 0. The van der Waals surface area contributed by atoms with E-state index in [1.807, 2.05) is 0 Å². The minimum absolute atomic E-state index is 0.0361. The molecule has 12 nitrogen and oxygen atoms in total. The van der Waals surface area contributed by atoms with Crippen molar-refractivity contribution >= 4 is 22.5 Å². The summed E-state index contributed by atoms with van der Waals surface area (Å²) < 4.78 is 45.6. The van der Waals surface area contributed by atoms with Crippen molar-refractivity contribution in [2.24, 2.45) is 11.8 Å². The monoisotopic (exact) mass is 633 g/mol. The summed E-state index contributed by atoms with van der Waals surface area (Å²) in [5.74, 6) is 0.629. The van der Waals surface area contributed by atoms with E-state index in [9.17, 15) is 28.2 Å². The van der Waals surface area contributed by atoms with Crippen molar-refractivity contribution in [3.63, 3.8) is 0 Å². The van der Waals surface area contributed by atoms with E-state index in [2.05, 4.69) is 5.32 Å². The largest absolute Gasteiger partial charge is 0.508 e. The SMILES string of the molecule is COc1ccc(S(=O)(=O)N(CC[C@@H](Cc2ccc(O)cc2)NC(=O)OC2COC[C@H]2CCO)CC2CCN(C=O)CC2)cc1. The van der Waals surface area contributed by atoms with E-state index in [0.717, 1.165) is 12.0 Å². The molecule has 0 saturated carbocycles. The van der Waals surface area contributed by atoms with Gasteiger partial charge in [-0.25, -0.2) is 13.2 Å². The molecule has 44 heavy (non-hydrogen) atoms. The average molecular weight is 634 g/mol. The van der Waals surface area contributed by atoms with Gasteiger partial charge in [0.05, 0.1) is 25.2 Å². The summed E-state index contributed by atoms with van der Waals surface area (Å²) in [4.78, 5) is 26.1. The Kier molecular flexibility index (Phi) is 12.2. The van der Waals surface area contributed by atoms with Gasteiger partial charge in [0.2, 0.25) is 16.4 Å². The Balaban J connectivity index is 1.51. The predicted molar refractivity (Wildman–Crippen MR) is 162 cm³/mol. The number of methoxy groups -OCH3 is 1. The van der Waals surface area contributed by atoms with Crippen LogP contribution in [0.3, 0.4) is 0 Å². The molecular formula is C31H43N3O9S. The Morgan fingerprint density at radius 2 is 1.84 bits per heavy atom. The fourth-order valence-electron chi connectivity index (χ4n) is 5.66. The molecule has 3 atom stereocenters. The fourth-order valence-corrected chi connectivity index (χ4v) is 7.19. The number of nitrogens with zero attached hydrogens (tertiary/aromatic N) is 2. The first-order chi connectivity index (χ1) is 21.2. The van der Waals surface area contributed by atoms with E-state index < -0.39 is 28.3 Å². The van der Waals surface area contributed by atoms with E-state index >= 15 is 0 Å². The number of sulfonamides is 1. The minimum Gasteiger partial charge on any atom is -0.508 e.